The van der Waals surface area contributed by atoms with Crippen LogP contribution in [0.25, 0.3) is 11.1 Å². The molecule has 0 aliphatic carbocycles. The molecule has 21 heavy (non-hydrogen) atoms. The lowest BCUT2D eigenvalue weighted by atomic mass is 10.0. The summed E-state index contributed by atoms with van der Waals surface area (Å²) in [6, 6.07) is 17.7. The SMILES string of the molecule is O=C1CCC(Nc2ccc(-c3ccccc3)cc2)C(=O)N1. The normalized spacial score (nSPS) is 18.2. The van der Waals surface area contributed by atoms with Crippen LogP contribution in [0, 0.1) is 0 Å². The number of rotatable bonds is 3. The number of carbonyl (C=O) groups excluding carboxylic acids is 2. The molecule has 1 heterocycles. The van der Waals surface area contributed by atoms with Crippen molar-refractivity contribution in [2.24, 2.45) is 0 Å². The zero-order chi connectivity index (χ0) is 14.7. The second-order valence-electron chi connectivity index (χ2n) is 5.09. The third-order valence-corrected chi connectivity index (χ3v) is 3.57. The number of hydrogen-bond donors (Lipinski definition) is 2. The van der Waals surface area contributed by atoms with E-state index in [4.69, 9.17) is 0 Å². The van der Waals surface area contributed by atoms with Gasteiger partial charge in [0.05, 0.1) is 0 Å². The van der Waals surface area contributed by atoms with Crippen molar-refractivity contribution in [3.05, 3.63) is 54.6 Å². The Morgan fingerprint density at radius 2 is 1.57 bits per heavy atom. The highest BCUT2D eigenvalue weighted by atomic mass is 16.2. The minimum atomic E-state index is -0.342. The van der Waals surface area contributed by atoms with Gasteiger partial charge >= 0.3 is 0 Å². The van der Waals surface area contributed by atoms with E-state index in [1.165, 1.54) is 0 Å². The van der Waals surface area contributed by atoms with E-state index >= 15 is 0 Å². The van der Waals surface area contributed by atoms with Crippen molar-refractivity contribution in [1.29, 1.82) is 0 Å². The summed E-state index contributed by atoms with van der Waals surface area (Å²) in [7, 11) is 0. The summed E-state index contributed by atoms with van der Waals surface area (Å²) in [6.45, 7) is 0. The first kappa shape index (κ1) is 13.4. The average molecular weight is 280 g/mol. The predicted molar refractivity (Wildman–Crippen MR) is 81.7 cm³/mol. The van der Waals surface area contributed by atoms with Gasteiger partial charge in [-0.2, -0.15) is 0 Å². The van der Waals surface area contributed by atoms with Gasteiger partial charge in [-0.1, -0.05) is 42.5 Å². The van der Waals surface area contributed by atoms with E-state index < -0.39 is 0 Å². The highest BCUT2D eigenvalue weighted by Crippen LogP contribution is 2.22. The van der Waals surface area contributed by atoms with Gasteiger partial charge in [-0.25, -0.2) is 0 Å². The first-order chi connectivity index (χ1) is 10.2. The summed E-state index contributed by atoms with van der Waals surface area (Å²) in [5.74, 6) is -0.448. The standard InChI is InChI=1S/C17H16N2O2/c20-16-11-10-15(17(21)19-16)18-14-8-6-13(7-9-14)12-4-2-1-3-5-12/h1-9,15,18H,10-11H2,(H,19,20,21). The minimum Gasteiger partial charge on any atom is -0.374 e. The second kappa shape index (κ2) is 5.79. The van der Waals surface area contributed by atoms with E-state index in [9.17, 15) is 9.59 Å². The van der Waals surface area contributed by atoms with Gasteiger partial charge in [-0.3, -0.25) is 14.9 Å². The predicted octanol–water partition coefficient (Wildman–Crippen LogP) is 2.57. The Hall–Kier alpha value is -2.62. The molecule has 0 aromatic heterocycles. The molecule has 4 nitrogen and oxygen atoms in total. The summed E-state index contributed by atoms with van der Waals surface area (Å²) in [6.07, 6.45) is 0.913. The molecule has 0 saturated carbocycles. The van der Waals surface area contributed by atoms with Gasteiger partial charge in [0.1, 0.15) is 6.04 Å². The van der Waals surface area contributed by atoms with Gasteiger partial charge in [0, 0.05) is 12.1 Å². The number of hydrogen-bond acceptors (Lipinski definition) is 3. The number of amides is 2. The van der Waals surface area contributed by atoms with Gasteiger partial charge in [0.15, 0.2) is 0 Å². The smallest absolute Gasteiger partial charge is 0.249 e. The first-order valence-electron chi connectivity index (χ1n) is 6.98. The fraction of sp³-hybridized carbons (Fsp3) is 0.176. The average Bonchev–Trinajstić information content (AvgIpc) is 2.52. The summed E-state index contributed by atoms with van der Waals surface area (Å²) in [4.78, 5) is 22.8. The van der Waals surface area contributed by atoms with Crippen LogP contribution in [0.2, 0.25) is 0 Å². The number of benzene rings is 2. The molecule has 2 amide bonds. The zero-order valence-corrected chi connectivity index (χ0v) is 11.5. The molecule has 1 fully saturated rings. The monoisotopic (exact) mass is 280 g/mol. The zero-order valence-electron chi connectivity index (χ0n) is 11.5. The maximum atomic E-state index is 11.7. The third kappa shape index (κ3) is 3.11. The Morgan fingerprint density at radius 1 is 0.905 bits per heavy atom. The van der Waals surface area contributed by atoms with Crippen LogP contribution in [0.15, 0.2) is 54.6 Å². The molecule has 1 atom stereocenters. The topological polar surface area (TPSA) is 58.2 Å². The second-order valence-corrected chi connectivity index (χ2v) is 5.09. The molecule has 2 N–H and O–H groups in total. The lowest BCUT2D eigenvalue weighted by Crippen LogP contribution is -2.47. The largest absolute Gasteiger partial charge is 0.374 e. The van der Waals surface area contributed by atoms with Crippen molar-refractivity contribution >= 4 is 17.5 Å². The number of anilines is 1. The van der Waals surface area contributed by atoms with E-state index in [-0.39, 0.29) is 17.9 Å². The Kier molecular flexibility index (Phi) is 3.69. The molecule has 2 aromatic rings. The van der Waals surface area contributed by atoms with Crippen molar-refractivity contribution in [3.8, 4) is 11.1 Å². The molecule has 0 spiro atoms. The molecule has 2 aromatic carbocycles. The van der Waals surface area contributed by atoms with Crippen LogP contribution < -0.4 is 10.6 Å². The van der Waals surface area contributed by atoms with Crippen LogP contribution in [0.4, 0.5) is 5.69 Å². The van der Waals surface area contributed by atoms with Crippen molar-refractivity contribution in [1.82, 2.24) is 5.32 Å². The maximum absolute atomic E-state index is 11.7. The molecule has 1 unspecified atom stereocenters. The Balaban J connectivity index is 1.70. The van der Waals surface area contributed by atoms with E-state index in [1.807, 2.05) is 42.5 Å². The van der Waals surface area contributed by atoms with Crippen molar-refractivity contribution in [2.45, 2.75) is 18.9 Å². The molecule has 3 rings (SSSR count). The Morgan fingerprint density at radius 3 is 2.24 bits per heavy atom. The fourth-order valence-corrected chi connectivity index (χ4v) is 2.42. The lowest BCUT2D eigenvalue weighted by molar-refractivity contribution is -0.133. The summed E-state index contributed by atoms with van der Waals surface area (Å²) in [5, 5.41) is 5.51. The summed E-state index contributed by atoms with van der Waals surface area (Å²) in [5.41, 5.74) is 3.17. The molecular formula is C17H16N2O2. The molecule has 1 aliphatic rings. The third-order valence-electron chi connectivity index (χ3n) is 3.57. The Labute approximate surface area is 123 Å². The highest BCUT2D eigenvalue weighted by Gasteiger charge is 2.26. The molecule has 106 valence electrons. The van der Waals surface area contributed by atoms with Crippen molar-refractivity contribution in [3.63, 3.8) is 0 Å². The van der Waals surface area contributed by atoms with E-state index in [0.29, 0.717) is 12.8 Å². The number of carbonyl (C=O) groups is 2. The van der Waals surface area contributed by atoms with E-state index in [2.05, 4.69) is 22.8 Å². The minimum absolute atomic E-state index is 0.197. The molecular weight excluding hydrogens is 264 g/mol. The van der Waals surface area contributed by atoms with Crippen LogP contribution in [0.5, 0.6) is 0 Å². The number of nitrogens with one attached hydrogen (secondary N) is 2. The van der Waals surface area contributed by atoms with Crippen molar-refractivity contribution in [2.75, 3.05) is 5.32 Å². The van der Waals surface area contributed by atoms with Gasteiger partial charge in [-0.15, -0.1) is 0 Å². The van der Waals surface area contributed by atoms with Crippen LogP contribution in [-0.2, 0) is 9.59 Å². The number of piperidine rings is 1. The molecule has 0 radical (unpaired) electrons. The summed E-state index contributed by atoms with van der Waals surface area (Å²) >= 11 is 0. The van der Waals surface area contributed by atoms with E-state index in [0.717, 1.165) is 16.8 Å². The van der Waals surface area contributed by atoms with Gasteiger partial charge in [0.2, 0.25) is 11.8 Å². The van der Waals surface area contributed by atoms with Gasteiger partial charge in [-0.05, 0) is 29.7 Å². The number of imide groups is 1. The first-order valence-corrected chi connectivity index (χ1v) is 6.98. The summed E-state index contributed by atoms with van der Waals surface area (Å²) < 4.78 is 0. The lowest BCUT2D eigenvalue weighted by Gasteiger charge is -2.22. The molecule has 1 aliphatic heterocycles. The maximum Gasteiger partial charge on any atom is 0.249 e. The van der Waals surface area contributed by atoms with E-state index in [1.54, 1.807) is 0 Å². The fourth-order valence-electron chi connectivity index (χ4n) is 2.42. The van der Waals surface area contributed by atoms with Gasteiger partial charge in [0.25, 0.3) is 0 Å². The highest BCUT2D eigenvalue weighted by molar-refractivity contribution is 6.01. The van der Waals surface area contributed by atoms with Crippen LogP contribution in [0.3, 0.4) is 0 Å². The molecule has 4 heteroatoms. The van der Waals surface area contributed by atoms with Gasteiger partial charge < -0.3 is 5.32 Å². The quantitative estimate of drug-likeness (QED) is 0.850. The Bertz CT molecular complexity index is 650. The molecule has 1 saturated heterocycles. The van der Waals surface area contributed by atoms with Crippen LogP contribution in [0.1, 0.15) is 12.8 Å². The van der Waals surface area contributed by atoms with Crippen LogP contribution >= 0.6 is 0 Å². The van der Waals surface area contributed by atoms with Crippen LogP contribution in [-0.4, -0.2) is 17.9 Å². The molecule has 0 bridgehead atoms. The van der Waals surface area contributed by atoms with Crippen molar-refractivity contribution < 1.29 is 9.59 Å².